The largest absolute Gasteiger partial charge is 0.490 e. The number of halogens is 4. The van der Waals surface area contributed by atoms with Crippen LogP contribution in [0.2, 0.25) is 0 Å². The lowest BCUT2D eigenvalue weighted by atomic mass is 9.84. The summed E-state index contributed by atoms with van der Waals surface area (Å²) in [5, 5.41) is 20.6. The fraction of sp³-hybridized carbons (Fsp3) is 0.500. The third kappa shape index (κ3) is 5.67. The molecule has 4 N–H and O–H groups in total. The molecule has 168 valence electrons. The molecule has 4 rings (SSSR count). The van der Waals surface area contributed by atoms with Gasteiger partial charge in [0, 0.05) is 11.5 Å². The molecule has 2 saturated carbocycles. The number of aromatic nitrogens is 4. The van der Waals surface area contributed by atoms with Crippen LogP contribution in [-0.2, 0) is 9.59 Å². The topological polar surface area (TPSA) is 133 Å². The highest BCUT2D eigenvalue weighted by Gasteiger charge is 2.57. The highest BCUT2D eigenvalue weighted by atomic mass is 19.4. The lowest BCUT2D eigenvalue weighted by Crippen LogP contribution is -2.32. The van der Waals surface area contributed by atoms with Gasteiger partial charge in [0.05, 0.1) is 5.69 Å². The molecule has 1 unspecified atom stereocenters. The zero-order valence-electron chi connectivity index (χ0n) is 16.2. The van der Waals surface area contributed by atoms with Gasteiger partial charge in [0.15, 0.2) is 0 Å². The molecular formula is C18H20F4N6O3. The number of carbonyl (C=O) groups excluding carboxylic acids is 1. The van der Waals surface area contributed by atoms with Gasteiger partial charge in [-0.2, -0.15) is 18.4 Å². The number of amides is 1. The third-order valence-corrected chi connectivity index (χ3v) is 5.43. The first kappa shape index (κ1) is 22.4. The number of hydrazine groups is 1. The summed E-state index contributed by atoms with van der Waals surface area (Å²) < 4.78 is 45.5. The first-order valence-electron chi connectivity index (χ1n) is 9.51. The van der Waals surface area contributed by atoms with Crippen molar-refractivity contribution >= 4 is 17.6 Å². The van der Waals surface area contributed by atoms with Crippen molar-refractivity contribution in [2.24, 2.45) is 11.3 Å². The van der Waals surface area contributed by atoms with E-state index in [0.717, 1.165) is 19.3 Å². The van der Waals surface area contributed by atoms with Gasteiger partial charge in [-0.25, -0.2) is 9.18 Å². The van der Waals surface area contributed by atoms with Crippen LogP contribution in [-0.4, -0.2) is 43.8 Å². The van der Waals surface area contributed by atoms with Crippen molar-refractivity contribution in [2.75, 3.05) is 5.43 Å². The van der Waals surface area contributed by atoms with Crippen molar-refractivity contribution in [2.45, 2.75) is 44.7 Å². The summed E-state index contributed by atoms with van der Waals surface area (Å²) in [6.07, 6.45) is 1.89. The van der Waals surface area contributed by atoms with Crippen LogP contribution in [0, 0.1) is 17.2 Å². The van der Waals surface area contributed by atoms with Gasteiger partial charge in [0.25, 0.3) is 0 Å². The lowest BCUT2D eigenvalue weighted by Gasteiger charge is -2.22. The number of nitrogens with zero attached hydrogens (tertiary/aromatic N) is 3. The smallest absolute Gasteiger partial charge is 0.475 e. The molecule has 1 atom stereocenters. The molecule has 1 aromatic heterocycles. The summed E-state index contributed by atoms with van der Waals surface area (Å²) in [5.41, 5.74) is 6.67. The van der Waals surface area contributed by atoms with Gasteiger partial charge in [0.2, 0.25) is 11.7 Å². The number of hydrogen-bond acceptors (Lipinski definition) is 6. The van der Waals surface area contributed by atoms with E-state index < -0.39 is 18.0 Å². The lowest BCUT2D eigenvalue weighted by molar-refractivity contribution is -0.192. The maximum absolute atomic E-state index is 13.8. The van der Waals surface area contributed by atoms with Crippen LogP contribution in [0.4, 0.5) is 23.2 Å². The summed E-state index contributed by atoms with van der Waals surface area (Å²) >= 11 is 0. The minimum absolute atomic E-state index is 0.0118. The predicted octanol–water partition coefficient (Wildman–Crippen LogP) is 3.05. The number of nitrogens with one attached hydrogen (secondary N) is 3. The monoisotopic (exact) mass is 444 g/mol. The Balaban J connectivity index is 0.000000339. The van der Waals surface area contributed by atoms with Gasteiger partial charge in [-0.3, -0.25) is 15.6 Å². The zero-order valence-corrected chi connectivity index (χ0v) is 16.2. The normalized spacial score (nSPS) is 19.2. The number of anilines is 1. The van der Waals surface area contributed by atoms with Crippen LogP contribution >= 0.6 is 0 Å². The van der Waals surface area contributed by atoms with Crippen LogP contribution < -0.4 is 10.9 Å². The van der Waals surface area contributed by atoms with Gasteiger partial charge in [-0.05, 0) is 48.1 Å². The van der Waals surface area contributed by atoms with Crippen LogP contribution in [0.5, 0.6) is 0 Å². The van der Waals surface area contributed by atoms with E-state index in [1.807, 2.05) is 0 Å². The molecule has 31 heavy (non-hydrogen) atoms. The molecule has 2 aliphatic carbocycles. The van der Waals surface area contributed by atoms with E-state index >= 15 is 0 Å². The van der Waals surface area contributed by atoms with Gasteiger partial charge in [-0.15, -0.1) is 10.2 Å². The first-order valence-corrected chi connectivity index (χ1v) is 9.51. The maximum Gasteiger partial charge on any atom is 0.490 e. The van der Waals surface area contributed by atoms with Crippen LogP contribution in [0.15, 0.2) is 18.2 Å². The van der Waals surface area contributed by atoms with Crippen molar-refractivity contribution in [1.82, 2.24) is 26.0 Å². The molecular weight excluding hydrogens is 424 g/mol. The van der Waals surface area contributed by atoms with Gasteiger partial charge in [-0.1, -0.05) is 19.3 Å². The number of H-pyrrole nitrogens is 1. The second-order valence-corrected chi connectivity index (χ2v) is 7.56. The summed E-state index contributed by atoms with van der Waals surface area (Å²) in [5.74, 6) is -2.83. The molecule has 2 aliphatic rings. The SMILES string of the molecule is O=C(NNc1cc(F)cc(-c2nn[nH]n2)c1)C1CC12CCCCC2.O=C(O)C(F)(F)F. The van der Waals surface area contributed by atoms with E-state index in [-0.39, 0.29) is 17.2 Å². The fourth-order valence-electron chi connectivity index (χ4n) is 3.82. The Hall–Kier alpha value is -3.25. The minimum atomic E-state index is -5.08. The molecule has 1 heterocycles. The standard InChI is InChI=1S/C16H19FN6O.C2HF3O2/c17-11-6-10(14-19-22-23-20-14)7-12(8-11)18-21-15(24)13-9-16(13)4-2-1-3-5-16;3-2(4,5)1(6)7/h6-8,13,18H,1-5,9H2,(H,21,24)(H,19,20,22,23);(H,6,7). The van der Waals surface area contributed by atoms with E-state index in [1.54, 1.807) is 6.07 Å². The Morgan fingerprint density at radius 2 is 1.84 bits per heavy atom. The van der Waals surface area contributed by atoms with E-state index in [2.05, 4.69) is 31.5 Å². The van der Waals surface area contributed by atoms with Gasteiger partial charge >= 0.3 is 12.1 Å². The highest BCUT2D eigenvalue weighted by molar-refractivity contribution is 5.83. The second-order valence-electron chi connectivity index (χ2n) is 7.56. The van der Waals surface area contributed by atoms with E-state index in [4.69, 9.17) is 9.90 Å². The fourth-order valence-corrected chi connectivity index (χ4v) is 3.82. The van der Waals surface area contributed by atoms with Crippen LogP contribution in [0.1, 0.15) is 38.5 Å². The molecule has 9 nitrogen and oxygen atoms in total. The Morgan fingerprint density at radius 3 is 2.42 bits per heavy atom. The average molecular weight is 444 g/mol. The number of rotatable bonds is 4. The Labute approximate surface area is 173 Å². The van der Waals surface area contributed by atoms with Crippen molar-refractivity contribution < 1.29 is 32.3 Å². The molecule has 0 saturated heterocycles. The van der Waals surface area contributed by atoms with E-state index in [9.17, 15) is 22.4 Å². The number of carboxylic acids is 1. The Morgan fingerprint density at radius 1 is 1.16 bits per heavy atom. The molecule has 13 heteroatoms. The average Bonchev–Trinajstić information content (AvgIpc) is 3.14. The number of aliphatic carboxylic acids is 1. The number of carboxylic acid groups (broad SMARTS) is 1. The molecule has 1 spiro atoms. The molecule has 2 aromatic rings. The number of carbonyl (C=O) groups is 2. The van der Waals surface area contributed by atoms with Crippen molar-refractivity contribution in [3.05, 3.63) is 24.0 Å². The van der Waals surface area contributed by atoms with Crippen LogP contribution in [0.25, 0.3) is 11.4 Å². The van der Waals surface area contributed by atoms with E-state index in [0.29, 0.717) is 17.1 Å². The van der Waals surface area contributed by atoms with Gasteiger partial charge in [0.1, 0.15) is 5.82 Å². The summed E-state index contributed by atoms with van der Waals surface area (Å²) in [4.78, 5) is 21.2. The van der Waals surface area contributed by atoms with Crippen molar-refractivity contribution in [3.8, 4) is 11.4 Å². The molecule has 1 amide bonds. The molecule has 2 fully saturated rings. The number of tetrazole rings is 1. The quantitative estimate of drug-likeness (QED) is 0.421. The molecule has 0 aliphatic heterocycles. The van der Waals surface area contributed by atoms with Crippen LogP contribution in [0.3, 0.4) is 0 Å². The Kier molecular flexibility index (Phi) is 6.41. The third-order valence-electron chi connectivity index (χ3n) is 5.43. The van der Waals surface area contributed by atoms with Crippen molar-refractivity contribution in [1.29, 1.82) is 0 Å². The number of alkyl halides is 3. The second kappa shape index (κ2) is 8.86. The maximum atomic E-state index is 13.8. The summed E-state index contributed by atoms with van der Waals surface area (Å²) in [7, 11) is 0. The zero-order chi connectivity index (χ0) is 22.6. The molecule has 0 radical (unpaired) electrons. The Bertz CT molecular complexity index is 929. The number of aromatic amines is 1. The first-order chi connectivity index (χ1) is 14.6. The molecule has 1 aromatic carbocycles. The molecule has 0 bridgehead atoms. The minimum Gasteiger partial charge on any atom is -0.475 e. The van der Waals surface area contributed by atoms with Gasteiger partial charge < -0.3 is 5.11 Å². The highest BCUT2D eigenvalue weighted by Crippen LogP contribution is 2.61. The van der Waals surface area contributed by atoms with E-state index in [1.165, 1.54) is 31.4 Å². The van der Waals surface area contributed by atoms with Crippen molar-refractivity contribution in [3.63, 3.8) is 0 Å². The predicted molar refractivity (Wildman–Crippen MR) is 98.7 cm³/mol. The number of benzene rings is 1. The summed E-state index contributed by atoms with van der Waals surface area (Å²) in [6, 6.07) is 4.29. The number of hydrogen-bond donors (Lipinski definition) is 4. The summed E-state index contributed by atoms with van der Waals surface area (Å²) in [6.45, 7) is 0.